The molecule has 370 valence electrons. The number of rotatable bonds is 49. The van der Waals surface area contributed by atoms with Crippen LogP contribution in [0.25, 0.3) is 0 Å². The number of hydrogen-bond donors (Lipinski definition) is 0. The zero-order valence-corrected chi connectivity index (χ0v) is 42.3. The van der Waals surface area contributed by atoms with Crippen LogP contribution in [0.2, 0.25) is 0 Å². The SMILES string of the molecule is CC/C=C/C/C=C/CCCCCCCCCCCCCCCCC(=O)OC(COCCC(C(=O)[O-])[N+](C)(C)C)COC(=O)CCCCCCCCCCCCCCCCCCCC. The van der Waals surface area contributed by atoms with Crippen LogP contribution < -0.4 is 5.11 Å². The van der Waals surface area contributed by atoms with Gasteiger partial charge < -0.3 is 28.6 Å². The summed E-state index contributed by atoms with van der Waals surface area (Å²) in [5.74, 6) is -1.71. The van der Waals surface area contributed by atoms with Crippen molar-refractivity contribution >= 4 is 17.9 Å². The summed E-state index contributed by atoms with van der Waals surface area (Å²) in [6.45, 7) is 4.61. The standard InChI is InChI=1S/C55H103NO7/c1-6-8-10-12-14-16-18-20-22-24-26-27-28-30-32-34-36-38-40-42-44-46-54(58)63-51(49-61-48-47-52(55(59)60)56(3,4)5)50-62-53(57)45-43-41-39-37-35-33-31-29-25-23-21-19-17-15-13-11-9-7-2/h8,10,14,16,51-52H,6-7,9,11-13,15,17-50H2,1-5H3/b10-8+,16-14+. The van der Waals surface area contributed by atoms with Crippen LogP contribution in [0.5, 0.6) is 0 Å². The molecule has 0 aromatic rings. The highest BCUT2D eigenvalue weighted by molar-refractivity contribution is 5.70. The van der Waals surface area contributed by atoms with Gasteiger partial charge >= 0.3 is 11.9 Å². The molecule has 0 aromatic carbocycles. The third kappa shape index (κ3) is 44.8. The average Bonchev–Trinajstić information content (AvgIpc) is 3.24. The number of carbonyl (C=O) groups is 3. The van der Waals surface area contributed by atoms with Gasteiger partial charge in [-0.05, 0) is 38.5 Å². The fourth-order valence-corrected chi connectivity index (χ4v) is 8.23. The van der Waals surface area contributed by atoms with Crippen LogP contribution in [-0.2, 0) is 28.6 Å². The lowest BCUT2D eigenvalue weighted by Gasteiger charge is -2.34. The monoisotopic (exact) mass is 890 g/mol. The van der Waals surface area contributed by atoms with E-state index < -0.39 is 18.1 Å². The summed E-state index contributed by atoms with van der Waals surface area (Å²) in [7, 11) is 5.43. The van der Waals surface area contributed by atoms with Crippen LogP contribution in [0.3, 0.4) is 0 Å². The minimum absolute atomic E-state index is 0.0462. The molecule has 2 unspecified atom stereocenters. The first-order chi connectivity index (χ1) is 30.6. The third-order valence-corrected chi connectivity index (χ3v) is 12.4. The maximum atomic E-state index is 12.8. The minimum atomic E-state index is -1.12. The zero-order valence-electron chi connectivity index (χ0n) is 42.3. The highest BCUT2D eigenvalue weighted by Crippen LogP contribution is 2.17. The van der Waals surface area contributed by atoms with Crippen LogP contribution in [0.1, 0.15) is 258 Å². The predicted molar refractivity (Wildman–Crippen MR) is 264 cm³/mol. The van der Waals surface area contributed by atoms with Gasteiger partial charge in [0, 0.05) is 19.3 Å². The normalized spacial score (nSPS) is 13.0. The van der Waals surface area contributed by atoms with E-state index in [0.717, 1.165) is 51.4 Å². The van der Waals surface area contributed by atoms with E-state index in [4.69, 9.17) is 14.2 Å². The van der Waals surface area contributed by atoms with Crippen LogP contribution >= 0.6 is 0 Å². The number of carbonyl (C=O) groups excluding carboxylic acids is 3. The molecule has 0 saturated carbocycles. The van der Waals surface area contributed by atoms with Crippen molar-refractivity contribution in [1.82, 2.24) is 0 Å². The summed E-state index contributed by atoms with van der Waals surface area (Å²) in [6, 6.07) is -0.723. The average molecular weight is 890 g/mol. The lowest BCUT2D eigenvalue weighted by Crippen LogP contribution is -2.55. The van der Waals surface area contributed by atoms with Crippen molar-refractivity contribution < 1.29 is 38.2 Å². The van der Waals surface area contributed by atoms with Gasteiger partial charge in [0.05, 0.1) is 40.3 Å². The lowest BCUT2D eigenvalue weighted by atomic mass is 10.0. The molecule has 0 aliphatic carbocycles. The number of ether oxygens (including phenoxy) is 3. The Labute approximate surface area is 390 Å². The van der Waals surface area contributed by atoms with Gasteiger partial charge in [0.2, 0.25) is 0 Å². The van der Waals surface area contributed by atoms with E-state index in [1.807, 2.05) is 21.1 Å². The molecule has 0 aromatic heterocycles. The lowest BCUT2D eigenvalue weighted by molar-refractivity contribution is -0.889. The minimum Gasteiger partial charge on any atom is -0.544 e. The van der Waals surface area contributed by atoms with E-state index in [-0.39, 0.29) is 42.7 Å². The maximum Gasteiger partial charge on any atom is 0.306 e. The van der Waals surface area contributed by atoms with Crippen molar-refractivity contribution in [3.63, 3.8) is 0 Å². The van der Waals surface area contributed by atoms with Crippen molar-refractivity contribution in [2.24, 2.45) is 0 Å². The molecular formula is C55H103NO7. The quantitative estimate of drug-likeness (QED) is 0.0259. The Bertz CT molecular complexity index is 1080. The smallest absolute Gasteiger partial charge is 0.306 e. The van der Waals surface area contributed by atoms with Crippen molar-refractivity contribution in [3.05, 3.63) is 24.3 Å². The molecular weight excluding hydrogens is 787 g/mol. The number of esters is 2. The summed E-state index contributed by atoms with van der Waals surface area (Å²) in [5, 5.41) is 11.7. The van der Waals surface area contributed by atoms with Crippen molar-refractivity contribution in [3.8, 4) is 0 Å². The fraction of sp³-hybridized carbons (Fsp3) is 0.873. The van der Waals surface area contributed by atoms with Gasteiger partial charge in [-0.1, -0.05) is 224 Å². The molecule has 0 bridgehead atoms. The van der Waals surface area contributed by atoms with E-state index in [1.54, 1.807) is 0 Å². The van der Waals surface area contributed by atoms with Crippen molar-refractivity contribution in [1.29, 1.82) is 0 Å². The topological polar surface area (TPSA) is 102 Å². The van der Waals surface area contributed by atoms with Gasteiger partial charge in [-0.15, -0.1) is 0 Å². The molecule has 8 nitrogen and oxygen atoms in total. The number of carboxylic acid groups (broad SMARTS) is 1. The Morgan fingerprint density at radius 1 is 0.492 bits per heavy atom. The van der Waals surface area contributed by atoms with Gasteiger partial charge in [-0.3, -0.25) is 9.59 Å². The Balaban J connectivity index is 4.17. The van der Waals surface area contributed by atoms with Crippen LogP contribution in [-0.4, -0.2) is 75.5 Å². The molecule has 63 heavy (non-hydrogen) atoms. The number of unbranched alkanes of at least 4 members (excludes halogenated alkanes) is 31. The molecule has 0 N–H and O–H groups in total. The van der Waals surface area contributed by atoms with E-state index in [2.05, 4.69) is 38.2 Å². The van der Waals surface area contributed by atoms with Gasteiger partial charge in [0.15, 0.2) is 6.10 Å². The van der Waals surface area contributed by atoms with E-state index in [9.17, 15) is 19.5 Å². The molecule has 0 aliphatic rings. The first kappa shape index (κ1) is 60.8. The maximum absolute atomic E-state index is 12.8. The summed E-state index contributed by atoms with van der Waals surface area (Å²) < 4.78 is 17.3. The number of hydrogen-bond acceptors (Lipinski definition) is 7. The van der Waals surface area contributed by atoms with Crippen LogP contribution in [0.4, 0.5) is 0 Å². The van der Waals surface area contributed by atoms with Crippen molar-refractivity contribution in [2.45, 2.75) is 270 Å². The Kier molecular flexibility index (Phi) is 44.7. The molecule has 0 saturated heterocycles. The van der Waals surface area contributed by atoms with E-state index in [0.29, 0.717) is 12.8 Å². The van der Waals surface area contributed by atoms with Gasteiger partial charge in [-0.25, -0.2) is 0 Å². The zero-order chi connectivity index (χ0) is 46.3. The number of likely N-dealkylation sites (N-methyl/N-ethyl adjacent to an activating group) is 1. The Morgan fingerprint density at radius 3 is 1.30 bits per heavy atom. The van der Waals surface area contributed by atoms with E-state index in [1.165, 1.54) is 173 Å². The summed E-state index contributed by atoms with van der Waals surface area (Å²) >= 11 is 0. The fourth-order valence-electron chi connectivity index (χ4n) is 8.23. The molecule has 0 heterocycles. The first-order valence-corrected chi connectivity index (χ1v) is 26.9. The number of nitrogens with zero attached hydrogens (tertiary/aromatic N) is 1. The molecule has 0 aliphatic heterocycles. The molecule has 0 rings (SSSR count). The second-order valence-electron chi connectivity index (χ2n) is 19.4. The van der Waals surface area contributed by atoms with E-state index >= 15 is 0 Å². The van der Waals surface area contributed by atoms with Crippen LogP contribution in [0.15, 0.2) is 24.3 Å². The Hall–Kier alpha value is -2.19. The highest BCUT2D eigenvalue weighted by atomic mass is 16.6. The third-order valence-electron chi connectivity index (χ3n) is 12.4. The molecule has 0 spiro atoms. The summed E-state index contributed by atoms with van der Waals surface area (Å²) in [4.78, 5) is 37.1. The second-order valence-corrected chi connectivity index (χ2v) is 19.4. The molecule has 0 radical (unpaired) electrons. The first-order valence-electron chi connectivity index (χ1n) is 26.9. The molecule has 0 fully saturated rings. The number of carboxylic acids is 1. The van der Waals surface area contributed by atoms with Crippen LogP contribution in [0, 0.1) is 0 Å². The van der Waals surface area contributed by atoms with Gasteiger partial charge in [0.25, 0.3) is 0 Å². The van der Waals surface area contributed by atoms with Crippen molar-refractivity contribution in [2.75, 3.05) is 41.0 Å². The second kappa shape index (κ2) is 46.3. The molecule has 8 heteroatoms. The number of aliphatic carboxylic acids is 1. The summed E-state index contributed by atoms with van der Waals surface area (Å²) in [6.07, 6.45) is 53.5. The number of quaternary nitrogens is 1. The Morgan fingerprint density at radius 2 is 0.889 bits per heavy atom. The highest BCUT2D eigenvalue weighted by Gasteiger charge is 2.25. The number of allylic oxidation sites excluding steroid dienone is 4. The largest absolute Gasteiger partial charge is 0.544 e. The molecule has 2 atom stereocenters. The van der Waals surface area contributed by atoms with Gasteiger partial charge in [-0.2, -0.15) is 0 Å². The predicted octanol–water partition coefficient (Wildman–Crippen LogP) is 14.3. The summed E-state index contributed by atoms with van der Waals surface area (Å²) in [5.41, 5.74) is 0. The van der Waals surface area contributed by atoms with Gasteiger partial charge in [0.1, 0.15) is 12.6 Å². The molecule has 0 amide bonds.